The minimum Gasteiger partial charge on any atom is -0.459 e. The predicted octanol–water partition coefficient (Wildman–Crippen LogP) is 5.76. The molecule has 1 aliphatic rings. The molecular weight excluding hydrogens is 587 g/mol. The summed E-state index contributed by atoms with van der Waals surface area (Å²) >= 11 is 12.2. The summed E-state index contributed by atoms with van der Waals surface area (Å²) in [5, 5.41) is 3.94. The molecule has 2 heterocycles. The Balaban J connectivity index is 1.53. The average molecular weight is 616 g/mol. The first-order valence-electron chi connectivity index (χ1n) is 12.9. The van der Waals surface area contributed by atoms with E-state index in [2.05, 4.69) is 10.3 Å². The van der Waals surface area contributed by atoms with Gasteiger partial charge in [-0.25, -0.2) is 13.4 Å². The third kappa shape index (κ3) is 6.66. The van der Waals surface area contributed by atoms with Crippen LogP contribution in [-0.4, -0.2) is 48.0 Å². The fourth-order valence-corrected chi connectivity index (χ4v) is 6.41. The lowest BCUT2D eigenvalue weighted by atomic mass is 10.2. The van der Waals surface area contributed by atoms with Crippen molar-refractivity contribution in [3.05, 3.63) is 82.6 Å². The second-order valence-corrected chi connectivity index (χ2v) is 13.5. The molecule has 1 saturated carbocycles. The van der Waals surface area contributed by atoms with Gasteiger partial charge >= 0.3 is 5.97 Å². The van der Waals surface area contributed by atoms with Crippen molar-refractivity contribution in [3.63, 3.8) is 0 Å². The molecule has 0 atom stereocenters. The Bertz CT molecular complexity index is 1740. The summed E-state index contributed by atoms with van der Waals surface area (Å²) in [6, 6.07) is 14.3. The van der Waals surface area contributed by atoms with Crippen LogP contribution in [0, 0.1) is 0 Å². The van der Waals surface area contributed by atoms with Crippen molar-refractivity contribution in [1.82, 2.24) is 14.9 Å². The highest BCUT2D eigenvalue weighted by molar-refractivity contribution is 7.92. The Morgan fingerprint density at radius 3 is 2.41 bits per heavy atom. The predicted molar refractivity (Wildman–Crippen MR) is 158 cm³/mol. The van der Waals surface area contributed by atoms with Crippen LogP contribution in [0.25, 0.3) is 16.7 Å². The van der Waals surface area contributed by atoms with Gasteiger partial charge in [-0.2, -0.15) is 0 Å². The first-order chi connectivity index (χ1) is 19.3. The van der Waals surface area contributed by atoms with Crippen molar-refractivity contribution in [1.29, 1.82) is 0 Å². The molecule has 2 aromatic carbocycles. The highest BCUT2D eigenvalue weighted by atomic mass is 35.5. The Morgan fingerprint density at radius 1 is 1.05 bits per heavy atom. The molecule has 0 spiro atoms. The second kappa shape index (κ2) is 11.0. The minimum atomic E-state index is -4.28. The highest BCUT2D eigenvalue weighted by Gasteiger charge is 2.30. The van der Waals surface area contributed by atoms with Crippen LogP contribution in [-0.2, 0) is 19.6 Å². The number of nitrogens with one attached hydrogen (secondary N) is 1. The van der Waals surface area contributed by atoms with E-state index in [1.807, 2.05) is 0 Å². The molecule has 214 valence electrons. The van der Waals surface area contributed by atoms with E-state index < -0.39 is 28.1 Å². The lowest BCUT2D eigenvalue weighted by Gasteiger charge is -2.26. The topological polar surface area (TPSA) is 111 Å². The molecule has 2 aromatic heterocycles. The van der Waals surface area contributed by atoms with Gasteiger partial charge in [0.1, 0.15) is 18.0 Å². The molecule has 9 nitrogen and oxygen atoms in total. The number of ether oxygens (including phenoxy) is 1. The molecule has 0 saturated heterocycles. The number of sulfonamides is 1. The fraction of sp³-hybridized carbons (Fsp3) is 0.276. The molecule has 1 N–H and O–H groups in total. The first-order valence-corrected chi connectivity index (χ1v) is 15.1. The van der Waals surface area contributed by atoms with Crippen LogP contribution in [0.4, 0.5) is 5.69 Å². The SMILES string of the molecule is CC(C)(C)OC(=O)CN(c1ccc2c(ccn2-c2cc(C(=O)NC3CC3)ccn2)c1)S(=O)(=O)c1cc(Cl)cc(Cl)c1. The van der Waals surface area contributed by atoms with Gasteiger partial charge in [0.25, 0.3) is 15.9 Å². The van der Waals surface area contributed by atoms with E-state index >= 15 is 0 Å². The zero-order valence-corrected chi connectivity index (χ0v) is 24.9. The van der Waals surface area contributed by atoms with Gasteiger partial charge in [-0.15, -0.1) is 0 Å². The van der Waals surface area contributed by atoms with E-state index in [1.54, 1.807) is 74.1 Å². The van der Waals surface area contributed by atoms with Crippen LogP contribution < -0.4 is 9.62 Å². The Morgan fingerprint density at radius 2 is 1.76 bits per heavy atom. The summed E-state index contributed by atoms with van der Waals surface area (Å²) < 4.78 is 35.9. The number of hydrogen-bond acceptors (Lipinski definition) is 6. The maximum atomic E-state index is 13.8. The maximum Gasteiger partial charge on any atom is 0.327 e. The summed E-state index contributed by atoms with van der Waals surface area (Å²) in [4.78, 5) is 29.7. The number of amides is 1. The summed E-state index contributed by atoms with van der Waals surface area (Å²) in [6.07, 6.45) is 5.32. The lowest BCUT2D eigenvalue weighted by molar-refractivity contribution is -0.152. The number of nitrogens with zero attached hydrogens (tertiary/aromatic N) is 3. The van der Waals surface area contributed by atoms with Crippen molar-refractivity contribution < 1.29 is 22.7 Å². The number of anilines is 1. The van der Waals surface area contributed by atoms with E-state index in [0.717, 1.165) is 22.7 Å². The molecule has 4 aromatic rings. The Kier molecular flexibility index (Phi) is 7.76. The highest BCUT2D eigenvalue weighted by Crippen LogP contribution is 2.31. The zero-order chi connectivity index (χ0) is 29.5. The smallest absolute Gasteiger partial charge is 0.327 e. The summed E-state index contributed by atoms with van der Waals surface area (Å²) in [5.41, 5.74) is 0.642. The number of carbonyl (C=O) groups is 2. The third-order valence-corrected chi connectivity index (χ3v) is 8.43. The largest absolute Gasteiger partial charge is 0.459 e. The van der Waals surface area contributed by atoms with Crippen molar-refractivity contribution in [2.75, 3.05) is 10.8 Å². The maximum absolute atomic E-state index is 13.8. The van der Waals surface area contributed by atoms with Crippen LogP contribution in [0.15, 0.2) is 71.9 Å². The van der Waals surface area contributed by atoms with Crippen molar-refractivity contribution in [2.45, 2.75) is 50.2 Å². The number of fused-ring (bicyclic) bond motifs is 1. The van der Waals surface area contributed by atoms with E-state index in [4.69, 9.17) is 27.9 Å². The van der Waals surface area contributed by atoms with E-state index in [1.165, 1.54) is 18.2 Å². The summed E-state index contributed by atoms with van der Waals surface area (Å²) in [7, 11) is -4.28. The van der Waals surface area contributed by atoms with Gasteiger partial charge in [0.15, 0.2) is 0 Å². The quantitative estimate of drug-likeness (QED) is 0.253. The monoisotopic (exact) mass is 614 g/mol. The second-order valence-electron chi connectivity index (χ2n) is 10.8. The summed E-state index contributed by atoms with van der Waals surface area (Å²) in [6.45, 7) is 4.53. The van der Waals surface area contributed by atoms with E-state index in [-0.39, 0.29) is 32.6 Å². The van der Waals surface area contributed by atoms with Crippen molar-refractivity contribution in [3.8, 4) is 5.82 Å². The van der Waals surface area contributed by atoms with Crippen LogP contribution in [0.5, 0.6) is 0 Å². The van der Waals surface area contributed by atoms with Crippen LogP contribution in [0.2, 0.25) is 10.0 Å². The van der Waals surface area contributed by atoms with Gasteiger partial charge in [0.05, 0.1) is 16.1 Å². The molecule has 5 rings (SSSR count). The number of hydrogen-bond donors (Lipinski definition) is 1. The molecule has 1 fully saturated rings. The number of carbonyl (C=O) groups excluding carboxylic acids is 2. The zero-order valence-electron chi connectivity index (χ0n) is 22.6. The summed E-state index contributed by atoms with van der Waals surface area (Å²) in [5.74, 6) is -0.348. The Hall–Kier alpha value is -3.60. The number of halogens is 2. The number of rotatable bonds is 8. The van der Waals surface area contributed by atoms with Crippen LogP contribution in [0.3, 0.4) is 0 Å². The molecule has 0 unspecified atom stereocenters. The molecular formula is C29H28Cl2N4O5S. The number of benzene rings is 2. The van der Waals surface area contributed by atoms with Gasteiger partial charge < -0.3 is 14.6 Å². The lowest BCUT2D eigenvalue weighted by Crippen LogP contribution is -2.39. The standard InChI is InChI=1S/C29H28Cl2N4O5S/c1-29(2,3)40-27(36)17-35(41(38,39)24-15-20(30)14-21(31)16-24)23-6-7-25-18(12-23)9-11-34(25)26-13-19(8-10-32-26)28(37)33-22-4-5-22/h6-16,22H,4-5,17H2,1-3H3,(H,33,37). The van der Waals surface area contributed by atoms with Gasteiger partial charge in [-0.05, 0) is 88.2 Å². The normalized spacial score (nSPS) is 13.7. The van der Waals surface area contributed by atoms with Crippen molar-refractivity contribution in [2.24, 2.45) is 0 Å². The van der Waals surface area contributed by atoms with Gasteiger partial charge in [0, 0.05) is 39.4 Å². The number of pyridine rings is 1. The molecule has 1 aliphatic carbocycles. The molecule has 12 heteroatoms. The molecule has 41 heavy (non-hydrogen) atoms. The van der Waals surface area contributed by atoms with Gasteiger partial charge in [-0.3, -0.25) is 13.9 Å². The van der Waals surface area contributed by atoms with Gasteiger partial charge in [0.2, 0.25) is 0 Å². The third-order valence-electron chi connectivity index (χ3n) is 6.25. The molecule has 0 aliphatic heterocycles. The molecule has 0 bridgehead atoms. The van der Waals surface area contributed by atoms with Crippen molar-refractivity contribution >= 4 is 61.7 Å². The average Bonchev–Trinajstić information content (AvgIpc) is 3.60. The minimum absolute atomic E-state index is 0.140. The van der Waals surface area contributed by atoms with E-state index in [9.17, 15) is 18.0 Å². The van der Waals surface area contributed by atoms with Crippen LogP contribution >= 0.6 is 23.2 Å². The van der Waals surface area contributed by atoms with E-state index in [0.29, 0.717) is 16.8 Å². The van der Waals surface area contributed by atoms with Crippen LogP contribution in [0.1, 0.15) is 44.0 Å². The molecule has 1 amide bonds. The first kappa shape index (κ1) is 28.9. The Labute approximate surface area is 248 Å². The number of esters is 1. The van der Waals surface area contributed by atoms with Gasteiger partial charge in [-0.1, -0.05) is 23.2 Å². The fourth-order valence-electron chi connectivity index (χ4n) is 4.28. The number of aromatic nitrogens is 2. The molecule has 0 radical (unpaired) electrons.